The Bertz CT molecular complexity index is 1490. The molecule has 0 unspecified atom stereocenters. The van der Waals surface area contributed by atoms with Crippen molar-refractivity contribution in [1.29, 1.82) is 0 Å². The third-order valence-electron chi connectivity index (χ3n) is 5.50. The van der Waals surface area contributed by atoms with E-state index in [0.29, 0.717) is 28.4 Å². The molecular weight excluding hydrogens is 448 g/mol. The second kappa shape index (κ2) is 9.52. The Labute approximate surface area is 199 Å². The number of rotatable bonds is 7. The first kappa shape index (κ1) is 21.9. The van der Waals surface area contributed by atoms with Crippen LogP contribution in [0.5, 0.6) is 0 Å². The molecule has 0 fully saturated rings. The molecule has 1 amide bonds. The number of carbonyl (C=O) groups is 1. The zero-order valence-electron chi connectivity index (χ0n) is 18.5. The number of nitrogens with one attached hydrogen (secondary N) is 1. The molecule has 0 aliphatic rings. The minimum Gasteiger partial charge on any atom is -0.459 e. The van der Waals surface area contributed by atoms with Gasteiger partial charge in [-0.1, -0.05) is 42.1 Å². The third-order valence-corrected chi connectivity index (χ3v) is 6.47. The first-order valence-electron chi connectivity index (χ1n) is 10.9. The van der Waals surface area contributed by atoms with E-state index in [2.05, 4.69) is 15.3 Å². The number of pyridine rings is 1. The fraction of sp³-hybridized carbons (Fsp3) is 0.154. The molecule has 0 radical (unpaired) electrons. The SMILES string of the molecule is C[C@@H](NC(=O)CSc1nc2ccccc2c(=O)n1Cc1ccncc1)c1cc2ccccc2o1. The molecule has 0 aliphatic heterocycles. The summed E-state index contributed by atoms with van der Waals surface area (Å²) >= 11 is 1.24. The van der Waals surface area contributed by atoms with Gasteiger partial charge in [0, 0.05) is 17.8 Å². The number of para-hydroxylation sites is 2. The Balaban J connectivity index is 1.35. The van der Waals surface area contributed by atoms with Crippen LogP contribution in [0.2, 0.25) is 0 Å². The minimum atomic E-state index is -0.288. The number of fused-ring (bicyclic) bond motifs is 2. The molecule has 34 heavy (non-hydrogen) atoms. The summed E-state index contributed by atoms with van der Waals surface area (Å²) in [6.45, 7) is 2.23. The second-order valence-electron chi connectivity index (χ2n) is 7.92. The Kier molecular flexibility index (Phi) is 6.14. The molecule has 5 aromatic rings. The Morgan fingerprint density at radius 3 is 2.68 bits per heavy atom. The van der Waals surface area contributed by atoms with Gasteiger partial charge in [0.25, 0.3) is 5.56 Å². The summed E-state index contributed by atoms with van der Waals surface area (Å²) < 4.78 is 7.47. The Hall–Kier alpha value is -3.91. The van der Waals surface area contributed by atoms with Crippen LogP contribution in [-0.2, 0) is 11.3 Å². The second-order valence-corrected chi connectivity index (χ2v) is 8.87. The van der Waals surface area contributed by atoms with Crippen LogP contribution in [0.25, 0.3) is 21.9 Å². The van der Waals surface area contributed by atoms with Crippen molar-refractivity contribution >= 4 is 39.5 Å². The van der Waals surface area contributed by atoms with Crippen molar-refractivity contribution < 1.29 is 9.21 Å². The van der Waals surface area contributed by atoms with Gasteiger partial charge in [-0.25, -0.2) is 4.98 Å². The van der Waals surface area contributed by atoms with Gasteiger partial charge in [-0.15, -0.1) is 0 Å². The monoisotopic (exact) mass is 470 g/mol. The summed E-state index contributed by atoms with van der Waals surface area (Å²) in [5.74, 6) is 0.639. The molecule has 8 heteroatoms. The maximum atomic E-state index is 13.2. The largest absolute Gasteiger partial charge is 0.459 e. The van der Waals surface area contributed by atoms with Crippen molar-refractivity contribution in [3.05, 3.63) is 101 Å². The minimum absolute atomic E-state index is 0.117. The van der Waals surface area contributed by atoms with Crippen molar-refractivity contribution in [3.8, 4) is 0 Å². The number of benzene rings is 2. The van der Waals surface area contributed by atoms with Crippen molar-refractivity contribution in [2.75, 3.05) is 5.75 Å². The number of aromatic nitrogens is 3. The molecule has 170 valence electrons. The molecular formula is C26H22N4O3S. The van der Waals surface area contributed by atoms with Crippen LogP contribution in [0, 0.1) is 0 Å². The van der Waals surface area contributed by atoms with Crippen LogP contribution in [0.3, 0.4) is 0 Å². The quantitative estimate of drug-likeness (QED) is 0.277. The summed E-state index contributed by atoms with van der Waals surface area (Å²) in [5, 5.41) is 5.00. The van der Waals surface area contributed by atoms with Crippen LogP contribution in [-0.4, -0.2) is 26.2 Å². The molecule has 0 aliphatic carbocycles. The van der Waals surface area contributed by atoms with Gasteiger partial charge in [0.1, 0.15) is 11.3 Å². The molecule has 0 saturated carbocycles. The van der Waals surface area contributed by atoms with Gasteiger partial charge >= 0.3 is 0 Å². The van der Waals surface area contributed by atoms with E-state index in [1.165, 1.54) is 11.8 Å². The standard InChI is InChI=1S/C26H22N4O3S/c1-17(23-14-19-6-2-5-9-22(19)33-23)28-24(31)16-34-26-29-21-8-4-3-7-20(21)25(32)30(26)15-18-10-12-27-13-11-18/h2-14,17H,15-16H2,1H3,(H,28,31)/t17-/m1/s1. The maximum Gasteiger partial charge on any atom is 0.262 e. The van der Waals surface area contributed by atoms with Crippen LogP contribution >= 0.6 is 11.8 Å². The number of thioether (sulfide) groups is 1. The molecule has 1 atom stereocenters. The predicted molar refractivity (Wildman–Crippen MR) is 133 cm³/mol. The predicted octanol–water partition coefficient (Wildman–Crippen LogP) is 4.56. The smallest absolute Gasteiger partial charge is 0.262 e. The topological polar surface area (TPSA) is 90.0 Å². The average Bonchev–Trinajstić information content (AvgIpc) is 3.30. The van der Waals surface area contributed by atoms with Gasteiger partial charge in [-0.3, -0.25) is 19.1 Å². The lowest BCUT2D eigenvalue weighted by molar-refractivity contribution is -0.119. The van der Waals surface area contributed by atoms with Gasteiger partial charge < -0.3 is 9.73 Å². The Morgan fingerprint density at radius 2 is 1.85 bits per heavy atom. The van der Waals surface area contributed by atoms with E-state index >= 15 is 0 Å². The summed E-state index contributed by atoms with van der Waals surface area (Å²) in [6.07, 6.45) is 3.38. The molecule has 0 saturated heterocycles. The number of nitrogens with zero attached hydrogens (tertiary/aromatic N) is 3. The number of amides is 1. The number of furan rings is 1. The highest BCUT2D eigenvalue weighted by molar-refractivity contribution is 7.99. The van der Waals surface area contributed by atoms with E-state index in [0.717, 1.165) is 16.5 Å². The molecule has 0 bridgehead atoms. The molecule has 5 rings (SSSR count). The van der Waals surface area contributed by atoms with Gasteiger partial charge in [0.2, 0.25) is 5.91 Å². The fourth-order valence-corrected chi connectivity index (χ4v) is 4.58. The van der Waals surface area contributed by atoms with Crippen LogP contribution < -0.4 is 10.9 Å². The molecule has 7 nitrogen and oxygen atoms in total. The summed E-state index contributed by atoms with van der Waals surface area (Å²) in [5.41, 5.74) is 2.19. The van der Waals surface area contributed by atoms with E-state index in [-0.39, 0.29) is 23.3 Å². The number of carbonyl (C=O) groups excluding carboxylic acids is 1. The van der Waals surface area contributed by atoms with E-state index in [4.69, 9.17) is 4.42 Å². The highest BCUT2D eigenvalue weighted by atomic mass is 32.2. The van der Waals surface area contributed by atoms with Crippen LogP contribution in [0.15, 0.2) is 93.5 Å². The first-order valence-corrected chi connectivity index (χ1v) is 11.9. The lowest BCUT2D eigenvalue weighted by Gasteiger charge is -2.14. The van der Waals surface area contributed by atoms with Crippen LogP contribution in [0.4, 0.5) is 0 Å². The summed E-state index contributed by atoms with van der Waals surface area (Å²) in [7, 11) is 0. The summed E-state index contributed by atoms with van der Waals surface area (Å²) in [4.78, 5) is 34.7. The van der Waals surface area contributed by atoms with E-state index in [1.807, 2.05) is 61.5 Å². The zero-order valence-corrected chi connectivity index (χ0v) is 19.3. The van der Waals surface area contributed by atoms with E-state index in [1.54, 1.807) is 29.1 Å². The van der Waals surface area contributed by atoms with Gasteiger partial charge in [-0.2, -0.15) is 0 Å². The van der Waals surface area contributed by atoms with Crippen molar-refractivity contribution in [1.82, 2.24) is 19.9 Å². The number of hydrogen-bond acceptors (Lipinski definition) is 6. The number of hydrogen-bond donors (Lipinski definition) is 1. The van der Waals surface area contributed by atoms with E-state index < -0.39 is 0 Å². The highest BCUT2D eigenvalue weighted by Gasteiger charge is 2.17. The normalized spacial score (nSPS) is 12.1. The lowest BCUT2D eigenvalue weighted by Crippen LogP contribution is -2.29. The average molecular weight is 471 g/mol. The van der Waals surface area contributed by atoms with Crippen molar-refractivity contribution in [2.24, 2.45) is 0 Å². The summed E-state index contributed by atoms with van der Waals surface area (Å²) in [6, 6.07) is 20.3. The molecule has 2 aromatic carbocycles. The lowest BCUT2D eigenvalue weighted by atomic mass is 10.2. The van der Waals surface area contributed by atoms with Crippen molar-refractivity contribution in [3.63, 3.8) is 0 Å². The molecule has 3 aromatic heterocycles. The first-order chi connectivity index (χ1) is 16.6. The van der Waals surface area contributed by atoms with Gasteiger partial charge in [0.05, 0.1) is 29.2 Å². The maximum absolute atomic E-state index is 13.2. The van der Waals surface area contributed by atoms with Crippen LogP contribution in [0.1, 0.15) is 24.3 Å². The zero-order chi connectivity index (χ0) is 23.5. The van der Waals surface area contributed by atoms with Gasteiger partial charge in [0.15, 0.2) is 5.16 Å². The van der Waals surface area contributed by atoms with E-state index in [9.17, 15) is 9.59 Å². The molecule has 0 spiro atoms. The fourth-order valence-electron chi connectivity index (χ4n) is 3.77. The third kappa shape index (κ3) is 4.58. The molecule has 1 N–H and O–H groups in total. The van der Waals surface area contributed by atoms with Gasteiger partial charge in [-0.05, 0) is 48.9 Å². The Morgan fingerprint density at radius 1 is 1.09 bits per heavy atom. The van der Waals surface area contributed by atoms with Crippen molar-refractivity contribution in [2.45, 2.75) is 24.7 Å². The molecule has 3 heterocycles. The highest BCUT2D eigenvalue weighted by Crippen LogP contribution is 2.24.